The molecule has 2 aliphatic rings. The molecule has 0 aliphatic carbocycles. The van der Waals surface area contributed by atoms with Crippen LogP contribution in [-0.4, -0.2) is 40.9 Å². The Morgan fingerprint density at radius 3 is 3.23 bits per heavy atom. The Bertz CT molecular complexity index is 234. The van der Waals surface area contributed by atoms with Crippen LogP contribution in [0.1, 0.15) is 19.8 Å². The minimum Gasteiger partial charge on any atom is -0.456 e. The number of hydrogen-bond acceptors (Lipinski definition) is 3. The molecule has 0 aromatic heterocycles. The summed E-state index contributed by atoms with van der Waals surface area (Å²) < 4.78 is 5.41. The van der Waals surface area contributed by atoms with Gasteiger partial charge < -0.3 is 4.74 Å². The number of fused-ring (bicyclic) bond motifs is 1. The lowest BCUT2D eigenvalue weighted by Gasteiger charge is -2.40. The minimum absolute atomic E-state index is 0.0364. The summed E-state index contributed by atoms with van der Waals surface area (Å²) in [5.74, 6) is -0.0364. The Morgan fingerprint density at radius 1 is 1.77 bits per heavy atom. The van der Waals surface area contributed by atoms with Crippen LogP contribution in [0.25, 0.3) is 0 Å². The van der Waals surface area contributed by atoms with Crippen LogP contribution in [0.3, 0.4) is 0 Å². The molecule has 0 aromatic carbocycles. The summed E-state index contributed by atoms with van der Waals surface area (Å²) in [6.45, 7) is 3.89. The fourth-order valence-corrected chi connectivity index (χ4v) is 2.42. The molecule has 2 aliphatic heterocycles. The van der Waals surface area contributed by atoms with Crippen molar-refractivity contribution in [3.05, 3.63) is 0 Å². The van der Waals surface area contributed by atoms with Crippen LogP contribution in [0.15, 0.2) is 0 Å². The van der Waals surface area contributed by atoms with Crippen LogP contribution >= 0.6 is 15.9 Å². The number of rotatable bonds is 1. The maximum absolute atomic E-state index is 11.6. The highest BCUT2D eigenvalue weighted by Gasteiger charge is 2.44. The standard InChI is InChI=1S/C9H14BrNO2/c1-9(5-10)6-11-4-2-3-7(11)8(12)13-9/h7H,2-6H2,1H3/t7-,9+/m1/s1. The van der Waals surface area contributed by atoms with Gasteiger partial charge in [-0.25, -0.2) is 0 Å². The van der Waals surface area contributed by atoms with E-state index in [-0.39, 0.29) is 17.6 Å². The van der Waals surface area contributed by atoms with E-state index in [0.29, 0.717) is 0 Å². The number of ether oxygens (including phenoxy) is 1. The SMILES string of the molecule is C[C@]1(CBr)CN2CCC[C@@H]2C(=O)O1. The quantitative estimate of drug-likeness (QED) is 0.515. The summed E-state index contributed by atoms with van der Waals surface area (Å²) in [7, 11) is 0. The summed E-state index contributed by atoms with van der Waals surface area (Å²) >= 11 is 3.39. The summed E-state index contributed by atoms with van der Waals surface area (Å²) in [6.07, 6.45) is 2.09. The van der Waals surface area contributed by atoms with Crippen LogP contribution in [0, 0.1) is 0 Å². The predicted octanol–water partition coefficient (Wildman–Crippen LogP) is 1.16. The minimum atomic E-state index is -0.322. The maximum Gasteiger partial charge on any atom is 0.323 e. The molecule has 4 heteroatoms. The molecule has 0 unspecified atom stereocenters. The van der Waals surface area contributed by atoms with Gasteiger partial charge in [0.05, 0.1) is 0 Å². The molecular formula is C9H14BrNO2. The van der Waals surface area contributed by atoms with Crippen molar-refractivity contribution in [2.75, 3.05) is 18.4 Å². The van der Waals surface area contributed by atoms with Crippen LogP contribution in [0.5, 0.6) is 0 Å². The smallest absolute Gasteiger partial charge is 0.323 e. The highest BCUT2D eigenvalue weighted by molar-refractivity contribution is 9.09. The number of esters is 1. The normalized spacial score (nSPS) is 40.2. The number of nitrogens with zero attached hydrogens (tertiary/aromatic N) is 1. The van der Waals surface area contributed by atoms with Gasteiger partial charge in [0.25, 0.3) is 0 Å². The molecule has 0 bridgehead atoms. The van der Waals surface area contributed by atoms with E-state index in [1.807, 2.05) is 6.92 Å². The molecule has 2 heterocycles. The Morgan fingerprint density at radius 2 is 2.54 bits per heavy atom. The monoisotopic (exact) mass is 247 g/mol. The Balaban J connectivity index is 2.14. The van der Waals surface area contributed by atoms with E-state index in [9.17, 15) is 4.79 Å². The Labute approximate surface area is 86.5 Å². The van der Waals surface area contributed by atoms with E-state index < -0.39 is 0 Å². The number of alkyl halides is 1. The van der Waals surface area contributed by atoms with Crippen molar-refractivity contribution in [2.45, 2.75) is 31.4 Å². The fourth-order valence-electron chi connectivity index (χ4n) is 2.12. The molecule has 13 heavy (non-hydrogen) atoms. The van der Waals surface area contributed by atoms with E-state index in [4.69, 9.17) is 4.74 Å². The van der Waals surface area contributed by atoms with Gasteiger partial charge in [0.2, 0.25) is 0 Å². The number of hydrogen-bond donors (Lipinski definition) is 0. The van der Waals surface area contributed by atoms with Gasteiger partial charge in [0.1, 0.15) is 11.6 Å². The van der Waals surface area contributed by atoms with Crippen LogP contribution in [0.4, 0.5) is 0 Å². The fraction of sp³-hybridized carbons (Fsp3) is 0.889. The van der Waals surface area contributed by atoms with Gasteiger partial charge in [-0.3, -0.25) is 9.69 Å². The first-order valence-electron chi connectivity index (χ1n) is 4.67. The second-order valence-corrected chi connectivity index (χ2v) is 4.69. The first-order valence-corrected chi connectivity index (χ1v) is 5.80. The zero-order valence-corrected chi connectivity index (χ0v) is 9.34. The summed E-state index contributed by atoms with van der Waals surface area (Å²) in [5, 5.41) is 0.717. The summed E-state index contributed by atoms with van der Waals surface area (Å²) in [5.41, 5.74) is -0.322. The van der Waals surface area contributed by atoms with Gasteiger partial charge in [-0.15, -0.1) is 0 Å². The van der Waals surface area contributed by atoms with Crippen molar-refractivity contribution in [1.82, 2.24) is 4.90 Å². The highest BCUT2D eigenvalue weighted by atomic mass is 79.9. The third-order valence-corrected chi connectivity index (χ3v) is 3.99. The summed E-state index contributed by atoms with van der Waals surface area (Å²) in [6, 6.07) is 0.0483. The molecule has 0 saturated carbocycles. The molecule has 0 amide bonds. The van der Waals surface area contributed by atoms with Crippen molar-refractivity contribution in [1.29, 1.82) is 0 Å². The number of carbonyl (C=O) groups excluding carboxylic acids is 1. The number of halogens is 1. The largest absolute Gasteiger partial charge is 0.456 e. The van der Waals surface area contributed by atoms with Crippen LogP contribution in [0.2, 0.25) is 0 Å². The van der Waals surface area contributed by atoms with Gasteiger partial charge >= 0.3 is 5.97 Å². The Kier molecular flexibility index (Phi) is 2.36. The van der Waals surface area contributed by atoms with E-state index in [1.165, 1.54) is 0 Å². The molecule has 2 rings (SSSR count). The number of carbonyl (C=O) groups is 1. The zero-order valence-electron chi connectivity index (χ0n) is 7.75. The molecule has 74 valence electrons. The predicted molar refractivity (Wildman–Crippen MR) is 52.9 cm³/mol. The van der Waals surface area contributed by atoms with Gasteiger partial charge in [-0.2, -0.15) is 0 Å². The molecule has 2 fully saturated rings. The average Bonchev–Trinajstić information content (AvgIpc) is 2.52. The van der Waals surface area contributed by atoms with Crippen molar-refractivity contribution in [3.63, 3.8) is 0 Å². The molecule has 2 saturated heterocycles. The van der Waals surface area contributed by atoms with Gasteiger partial charge in [-0.05, 0) is 26.3 Å². The number of cyclic esters (lactones) is 1. The van der Waals surface area contributed by atoms with Gasteiger partial charge in [0.15, 0.2) is 0 Å². The van der Waals surface area contributed by atoms with Crippen molar-refractivity contribution in [2.24, 2.45) is 0 Å². The van der Waals surface area contributed by atoms with Gasteiger partial charge in [0, 0.05) is 11.9 Å². The van der Waals surface area contributed by atoms with E-state index in [0.717, 1.165) is 31.3 Å². The van der Waals surface area contributed by atoms with E-state index >= 15 is 0 Å². The Hall–Kier alpha value is -0.0900. The second-order valence-electron chi connectivity index (χ2n) is 4.13. The lowest BCUT2D eigenvalue weighted by Crippen LogP contribution is -2.56. The highest BCUT2D eigenvalue weighted by Crippen LogP contribution is 2.29. The topological polar surface area (TPSA) is 29.5 Å². The maximum atomic E-state index is 11.6. The first-order chi connectivity index (χ1) is 6.14. The second kappa shape index (κ2) is 3.24. The third-order valence-electron chi connectivity index (χ3n) is 2.80. The lowest BCUT2D eigenvalue weighted by atomic mass is 10.1. The third kappa shape index (κ3) is 1.62. The van der Waals surface area contributed by atoms with Crippen LogP contribution < -0.4 is 0 Å². The summed E-state index contributed by atoms with van der Waals surface area (Å²) in [4.78, 5) is 13.8. The average molecular weight is 248 g/mol. The van der Waals surface area contributed by atoms with Crippen molar-refractivity contribution in [3.8, 4) is 0 Å². The van der Waals surface area contributed by atoms with E-state index in [2.05, 4.69) is 20.8 Å². The van der Waals surface area contributed by atoms with Crippen molar-refractivity contribution >= 4 is 21.9 Å². The lowest BCUT2D eigenvalue weighted by molar-refractivity contribution is -0.174. The first kappa shape index (κ1) is 9.46. The molecule has 3 nitrogen and oxygen atoms in total. The van der Waals surface area contributed by atoms with Gasteiger partial charge in [-0.1, -0.05) is 15.9 Å². The van der Waals surface area contributed by atoms with Crippen molar-refractivity contribution < 1.29 is 9.53 Å². The molecule has 2 atom stereocenters. The molecule has 0 radical (unpaired) electrons. The van der Waals surface area contributed by atoms with E-state index in [1.54, 1.807) is 0 Å². The van der Waals surface area contributed by atoms with Crippen LogP contribution in [-0.2, 0) is 9.53 Å². The number of morpholine rings is 1. The molecule has 0 spiro atoms. The molecular weight excluding hydrogens is 234 g/mol. The zero-order chi connectivity index (χ0) is 9.47. The molecule has 0 N–H and O–H groups in total. The molecule has 0 aromatic rings.